The molecule has 1 aliphatic heterocycles. The first-order valence-corrected chi connectivity index (χ1v) is 10.5. The molecule has 4 nitrogen and oxygen atoms in total. The fraction of sp³-hybridized carbons (Fsp3) is 0.950. The predicted molar refractivity (Wildman–Crippen MR) is 96.6 cm³/mol. The van der Waals surface area contributed by atoms with Crippen LogP contribution in [-0.4, -0.2) is 54.0 Å². The Kier molecular flexibility index (Phi) is 5.14. The molecule has 4 aliphatic rings. The van der Waals surface area contributed by atoms with Gasteiger partial charge < -0.3 is 10.6 Å². The Balaban J connectivity index is 1.30. The minimum Gasteiger partial charge on any atom is -0.340 e. The number of hydrogen-bond donors (Lipinski definition) is 1. The third-order valence-electron chi connectivity index (χ3n) is 7.48. The molecular formula is C20H35N3O. The molecule has 2 bridgehead atoms. The molecule has 2 unspecified atom stereocenters. The van der Waals surface area contributed by atoms with E-state index in [0.717, 1.165) is 45.1 Å². The number of nitrogens with zero attached hydrogens (tertiary/aromatic N) is 2. The predicted octanol–water partition coefficient (Wildman–Crippen LogP) is 2.62. The Bertz CT molecular complexity index is 426. The van der Waals surface area contributed by atoms with Crippen LogP contribution in [0.25, 0.3) is 0 Å². The van der Waals surface area contributed by atoms with Gasteiger partial charge in [0.05, 0.1) is 0 Å². The van der Waals surface area contributed by atoms with Gasteiger partial charge in [-0.3, -0.25) is 9.69 Å². The summed E-state index contributed by atoms with van der Waals surface area (Å²) in [5, 5.41) is 0. The van der Waals surface area contributed by atoms with Gasteiger partial charge in [-0.1, -0.05) is 25.7 Å². The molecule has 0 aromatic carbocycles. The van der Waals surface area contributed by atoms with Gasteiger partial charge in [0.25, 0.3) is 0 Å². The molecule has 4 rings (SSSR count). The van der Waals surface area contributed by atoms with Crippen molar-refractivity contribution in [3.05, 3.63) is 0 Å². The minimum atomic E-state index is 0.265. The Morgan fingerprint density at radius 2 is 1.42 bits per heavy atom. The fourth-order valence-corrected chi connectivity index (χ4v) is 6.00. The lowest BCUT2D eigenvalue weighted by atomic mass is 9.65. The number of piperazine rings is 1. The highest BCUT2D eigenvalue weighted by Crippen LogP contribution is 2.42. The molecular weight excluding hydrogens is 298 g/mol. The van der Waals surface area contributed by atoms with Crippen LogP contribution in [0.5, 0.6) is 0 Å². The van der Waals surface area contributed by atoms with Gasteiger partial charge in [-0.05, 0) is 50.4 Å². The van der Waals surface area contributed by atoms with E-state index in [9.17, 15) is 4.79 Å². The van der Waals surface area contributed by atoms with Crippen molar-refractivity contribution in [1.82, 2.24) is 9.80 Å². The first kappa shape index (κ1) is 16.8. The van der Waals surface area contributed by atoms with Crippen molar-refractivity contribution in [2.75, 3.05) is 26.2 Å². The fourth-order valence-electron chi connectivity index (χ4n) is 6.00. The summed E-state index contributed by atoms with van der Waals surface area (Å²) in [6.45, 7) is 4.09. The van der Waals surface area contributed by atoms with Crippen molar-refractivity contribution in [1.29, 1.82) is 0 Å². The smallest absolute Gasteiger partial charge is 0.225 e. The molecule has 1 saturated heterocycles. The highest BCUT2D eigenvalue weighted by atomic mass is 16.2. The van der Waals surface area contributed by atoms with Gasteiger partial charge in [0.2, 0.25) is 5.91 Å². The van der Waals surface area contributed by atoms with Crippen molar-refractivity contribution in [3.63, 3.8) is 0 Å². The second-order valence-corrected chi connectivity index (χ2v) is 8.85. The first-order chi connectivity index (χ1) is 11.7. The molecule has 136 valence electrons. The lowest BCUT2D eigenvalue weighted by Gasteiger charge is -2.46. The van der Waals surface area contributed by atoms with Crippen LogP contribution in [0.3, 0.4) is 0 Å². The summed E-state index contributed by atoms with van der Waals surface area (Å²) in [7, 11) is 0. The van der Waals surface area contributed by atoms with E-state index in [1.165, 1.54) is 51.4 Å². The highest BCUT2D eigenvalue weighted by molar-refractivity contribution is 5.79. The van der Waals surface area contributed by atoms with Crippen LogP contribution in [0.4, 0.5) is 0 Å². The van der Waals surface area contributed by atoms with Gasteiger partial charge in [0, 0.05) is 44.2 Å². The molecule has 3 aliphatic carbocycles. The normalized spacial score (nSPS) is 39.0. The Morgan fingerprint density at radius 1 is 0.792 bits per heavy atom. The monoisotopic (exact) mass is 333 g/mol. The van der Waals surface area contributed by atoms with Crippen LogP contribution in [0.15, 0.2) is 0 Å². The summed E-state index contributed by atoms with van der Waals surface area (Å²) in [4.78, 5) is 17.9. The number of carbonyl (C=O) groups excluding carboxylic acids is 1. The lowest BCUT2D eigenvalue weighted by molar-refractivity contribution is -0.140. The lowest BCUT2D eigenvalue weighted by Crippen LogP contribution is -2.55. The molecule has 2 atom stereocenters. The van der Waals surface area contributed by atoms with E-state index in [2.05, 4.69) is 9.80 Å². The quantitative estimate of drug-likeness (QED) is 0.845. The van der Waals surface area contributed by atoms with Gasteiger partial charge in [0.1, 0.15) is 0 Å². The van der Waals surface area contributed by atoms with Crippen molar-refractivity contribution >= 4 is 5.91 Å². The molecule has 4 fully saturated rings. The van der Waals surface area contributed by atoms with Crippen molar-refractivity contribution in [3.8, 4) is 0 Å². The first-order valence-electron chi connectivity index (χ1n) is 10.5. The maximum Gasteiger partial charge on any atom is 0.225 e. The summed E-state index contributed by atoms with van der Waals surface area (Å²) in [6.07, 6.45) is 12.9. The molecule has 0 spiro atoms. The number of nitrogens with two attached hydrogens (primary N) is 1. The Hall–Kier alpha value is -0.610. The van der Waals surface area contributed by atoms with E-state index >= 15 is 0 Å². The minimum absolute atomic E-state index is 0.265. The van der Waals surface area contributed by atoms with Gasteiger partial charge in [-0.25, -0.2) is 0 Å². The van der Waals surface area contributed by atoms with Gasteiger partial charge in [-0.2, -0.15) is 0 Å². The maximum atomic E-state index is 13.0. The van der Waals surface area contributed by atoms with E-state index in [0.29, 0.717) is 23.8 Å². The molecule has 0 aromatic rings. The summed E-state index contributed by atoms with van der Waals surface area (Å²) in [6, 6.07) is 1.16. The molecule has 2 N–H and O–H groups in total. The summed E-state index contributed by atoms with van der Waals surface area (Å²) in [5.41, 5.74) is 6.39. The zero-order valence-corrected chi connectivity index (χ0v) is 15.2. The number of amides is 1. The number of fused-ring (bicyclic) bond motifs is 2. The third-order valence-corrected chi connectivity index (χ3v) is 7.48. The van der Waals surface area contributed by atoms with Gasteiger partial charge in [-0.15, -0.1) is 0 Å². The number of hydrogen-bond acceptors (Lipinski definition) is 3. The Labute approximate surface area is 147 Å². The largest absolute Gasteiger partial charge is 0.340 e. The van der Waals surface area contributed by atoms with Crippen LogP contribution in [0.1, 0.15) is 64.2 Å². The van der Waals surface area contributed by atoms with Crippen LogP contribution in [-0.2, 0) is 4.79 Å². The van der Waals surface area contributed by atoms with Crippen LogP contribution in [0, 0.1) is 17.8 Å². The van der Waals surface area contributed by atoms with E-state index in [4.69, 9.17) is 5.73 Å². The zero-order valence-electron chi connectivity index (χ0n) is 15.2. The maximum absolute atomic E-state index is 13.0. The Morgan fingerprint density at radius 3 is 2.04 bits per heavy atom. The second-order valence-electron chi connectivity index (χ2n) is 8.85. The van der Waals surface area contributed by atoms with E-state index in [-0.39, 0.29) is 5.92 Å². The molecule has 0 radical (unpaired) electrons. The topological polar surface area (TPSA) is 49.6 Å². The van der Waals surface area contributed by atoms with Crippen molar-refractivity contribution < 1.29 is 4.79 Å². The molecule has 4 heteroatoms. The molecule has 24 heavy (non-hydrogen) atoms. The SMILES string of the molecule is NC1C2CCCC1CC(C(=O)N1CCN(C3CCCCC3)CC1)C2. The standard InChI is InChI=1S/C20H35N3O/c21-19-15-5-4-6-16(19)14-17(13-15)20(24)23-11-9-22(10-12-23)18-7-2-1-3-8-18/h15-19H,1-14,21H2. The average molecular weight is 334 g/mol. The average Bonchev–Trinajstić information content (AvgIpc) is 2.62. The molecule has 3 saturated carbocycles. The van der Waals surface area contributed by atoms with E-state index in [1.54, 1.807) is 0 Å². The zero-order chi connectivity index (χ0) is 16.5. The van der Waals surface area contributed by atoms with Crippen molar-refractivity contribution in [2.24, 2.45) is 23.5 Å². The highest BCUT2D eigenvalue weighted by Gasteiger charge is 2.42. The summed E-state index contributed by atoms with van der Waals surface area (Å²) in [5.74, 6) is 1.92. The van der Waals surface area contributed by atoms with E-state index in [1.807, 2.05) is 0 Å². The van der Waals surface area contributed by atoms with Crippen LogP contribution >= 0.6 is 0 Å². The van der Waals surface area contributed by atoms with Crippen LogP contribution < -0.4 is 5.73 Å². The van der Waals surface area contributed by atoms with Crippen molar-refractivity contribution in [2.45, 2.75) is 76.3 Å². The molecule has 0 aromatic heterocycles. The van der Waals surface area contributed by atoms with Crippen LogP contribution in [0.2, 0.25) is 0 Å². The summed E-state index contributed by atoms with van der Waals surface area (Å²) < 4.78 is 0. The number of carbonyl (C=O) groups is 1. The van der Waals surface area contributed by atoms with Gasteiger partial charge in [0.15, 0.2) is 0 Å². The third kappa shape index (κ3) is 3.37. The summed E-state index contributed by atoms with van der Waals surface area (Å²) >= 11 is 0. The number of rotatable bonds is 2. The molecule has 1 amide bonds. The second kappa shape index (κ2) is 7.33. The van der Waals surface area contributed by atoms with Gasteiger partial charge >= 0.3 is 0 Å². The van der Waals surface area contributed by atoms with E-state index < -0.39 is 0 Å². The molecule has 1 heterocycles.